The Morgan fingerprint density at radius 3 is 1.72 bits per heavy atom. The molecule has 0 radical (unpaired) electrons. The van der Waals surface area contributed by atoms with E-state index in [-0.39, 0.29) is 0 Å². The molecule has 4 aromatic carbocycles. The molecule has 0 fully saturated rings. The minimum atomic E-state index is 0.660. The smallest absolute Gasteiger partial charge is 0.245 e. The van der Waals surface area contributed by atoms with Gasteiger partial charge in [0, 0.05) is 21.9 Å². The number of pyridine rings is 2. The highest BCUT2D eigenvalue weighted by molar-refractivity contribution is 5.79. The van der Waals surface area contributed by atoms with E-state index >= 15 is 0 Å². The van der Waals surface area contributed by atoms with E-state index in [9.17, 15) is 0 Å². The van der Waals surface area contributed by atoms with Crippen LogP contribution in [0.3, 0.4) is 0 Å². The number of benzene rings is 4. The Balaban J connectivity index is 1.40. The van der Waals surface area contributed by atoms with Crippen molar-refractivity contribution in [2.45, 2.75) is 13.1 Å². The quantitative estimate of drug-likeness (QED) is 0.223. The van der Waals surface area contributed by atoms with Crippen molar-refractivity contribution in [2.24, 2.45) is 0 Å². The standard InChI is InChI=1S/C35H27N4/c1-3-13-28(14-4-1)34-35(29-15-5-2-6-16-29)39(24-31-22-20-27-12-8-10-18-33(27)37-31)25-38(34)23-30-21-19-26-11-7-9-17-32(26)36-30/h1-22,25H,23-24H2/q+1. The Morgan fingerprint density at radius 2 is 1.05 bits per heavy atom. The van der Waals surface area contributed by atoms with E-state index in [1.54, 1.807) is 0 Å². The van der Waals surface area contributed by atoms with Gasteiger partial charge >= 0.3 is 0 Å². The van der Waals surface area contributed by atoms with Crippen molar-refractivity contribution in [1.82, 2.24) is 14.5 Å². The summed E-state index contributed by atoms with van der Waals surface area (Å²) in [5.74, 6) is 0. The number of hydrogen-bond donors (Lipinski definition) is 0. The summed E-state index contributed by atoms with van der Waals surface area (Å²) >= 11 is 0. The van der Waals surface area contributed by atoms with Gasteiger partial charge in [-0.05, 0) is 24.3 Å². The van der Waals surface area contributed by atoms with Crippen LogP contribution in [0.2, 0.25) is 0 Å². The van der Waals surface area contributed by atoms with E-state index in [4.69, 9.17) is 9.97 Å². The zero-order valence-corrected chi connectivity index (χ0v) is 21.5. The van der Waals surface area contributed by atoms with Crippen molar-refractivity contribution in [3.8, 4) is 22.5 Å². The number of rotatable bonds is 6. The molecule has 0 aliphatic carbocycles. The zero-order valence-electron chi connectivity index (χ0n) is 21.5. The second kappa shape index (κ2) is 9.99. The van der Waals surface area contributed by atoms with Crippen LogP contribution in [0.15, 0.2) is 140 Å². The summed E-state index contributed by atoms with van der Waals surface area (Å²) in [6, 6.07) is 46.4. The van der Waals surface area contributed by atoms with Crippen molar-refractivity contribution in [1.29, 1.82) is 0 Å². The van der Waals surface area contributed by atoms with Crippen LogP contribution in [0, 0.1) is 0 Å². The molecule has 0 saturated carbocycles. The molecular weight excluding hydrogens is 476 g/mol. The second-order valence-corrected chi connectivity index (χ2v) is 9.79. The van der Waals surface area contributed by atoms with Crippen LogP contribution in [0.4, 0.5) is 0 Å². The third-order valence-electron chi connectivity index (χ3n) is 7.15. The summed E-state index contributed by atoms with van der Waals surface area (Å²) in [7, 11) is 0. The lowest BCUT2D eigenvalue weighted by Gasteiger charge is -2.07. The molecule has 0 atom stereocenters. The van der Waals surface area contributed by atoms with E-state index < -0.39 is 0 Å². The SMILES string of the molecule is c1ccc(-c2c(-c3ccccc3)[n+](Cc3ccc4ccccc4n3)cn2Cc2ccc3ccccc3n2)cc1. The molecule has 3 heterocycles. The summed E-state index contributed by atoms with van der Waals surface area (Å²) in [6.45, 7) is 1.32. The second-order valence-electron chi connectivity index (χ2n) is 9.79. The van der Waals surface area contributed by atoms with Gasteiger partial charge in [0.15, 0.2) is 11.4 Å². The topological polar surface area (TPSA) is 34.6 Å². The number of fused-ring (bicyclic) bond motifs is 2. The molecule has 39 heavy (non-hydrogen) atoms. The molecule has 7 rings (SSSR count). The average molecular weight is 504 g/mol. The van der Waals surface area contributed by atoms with Crippen LogP contribution < -0.4 is 4.57 Å². The normalized spacial score (nSPS) is 11.3. The number of para-hydroxylation sites is 2. The van der Waals surface area contributed by atoms with Crippen LogP contribution in [0.25, 0.3) is 44.3 Å². The lowest BCUT2D eigenvalue weighted by atomic mass is 10.0. The maximum Gasteiger partial charge on any atom is 0.245 e. The number of imidazole rings is 1. The van der Waals surface area contributed by atoms with Gasteiger partial charge in [-0.3, -0.25) is 0 Å². The summed E-state index contributed by atoms with van der Waals surface area (Å²) in [4.78, 5) is 9.99. The first-order chi connectivity index (χ1) is 19.3. The van der Waals surface area contributed by atoms with E-state index in [0.717, 1.165) is 44.6 Å². The van der Waals surface area contributed by atoms with Gasteiger partial charge in [0.05, 0.1) is 22.4 Å². The van der Waals surface area contributed by atoms with Gasteiger partial charge < -0.3 is 0 Å². The highest BCUT2D eigenvalue weighted by Crippen LogP contribution is 2.31. The van der Waals surface area contributed by atoms with Crippen LogP contribution in [-0.2, 0) is 13.1 Å². The molecule has 3 aromatic heterocycles. The van der Waals surface area contributed by atoms with Gasteiger partial charge in [0.1, 0.15) is 13.1 Å². The predicted molar refractivity (Wildman–Crippen MR) is 157 cm³/mol. The van der Waals surface area contributed by atoms with E-state index in [1.165, 1.54) is 11.1 Å². The van der Waals surface area contributed by atoms with E-state index in [2.05, 4.69) is 137 Å². The Hall–Kier alpha value is -5.09. The zero-order chi connectivity index (χ0) is 26.0. The molecule has 7 aromatic rings. The van der Waals surface area contributed by atoms with Gasteiger partial charge in [0.2, 0.25) is 6.33 Å². The molecule has 0 aliphatic heterocycles. The average Bonchev–Trinajstić information content (AvgIpc) is 3.35. The molecule has 0 aliphatic rings. The molecule has 0 spiro atoms. The molecule has 0 amide bonds. The molecule has 0 bridgehead atoms. The van der Waals surface area contributed by atoms with Gasteiger partial charge in [-0.2, -0.15) is 0 Å². The lowest BCUT2D eigenvalue weighted by molar-refractivity contribution is -0.677. The predicted octanol–water partition coefficient (Wildman–Crippen LogP) is 7.30. The van der Waals surface area contributed by atoms with Crippen LogP contribution in [0.1, 0.15) is 11.4 Å². The highest BCUT2D eigenvalue weighted by Gasteiger charge is 2.27. The maximum absolute atomic E-state index is 4.99. The largest absolute Gasteiger partial charge is 0.249 e. The summed E-state index contributed by atoms with van der Waals surface area (Å²) in [5.41, 5.74) is 8.74. The molecule has 4 heteroatoms. The molecule has 4 nitrogen and oxygen atoms in total. The van der Waals surface area contributed by atoms with Gasteiger partial charge in [-0.25, -0.2) is 19.1 Å². The molecule has 0 saturated heterocycles. The summed E-state index contributed by atoms with van der Waals surface area (Å²) in [6.07, 6.45) is 2.22. The van der Waals surface area contributed by atoms with E-state index in [0.29, 0.717) is 13.1 Å². The monoisotopic (exact) mass is 503 g/mol. The molecule has 0 unspecified atom stereocenters. The Bertz CT molecular complexity index is 1770. The fourth-order valence-electron chi connectivity index (χ4n) is 5.33. The van der Waals surface area contributed by atoms with Crippen molar-refractivity contribution in [2.75, 3.05) is 0 Å². The maximum atomic E-state index is 4.99. The van der Waals surface area contributed by atoms with Crippen molar-refractivity contribution in [3.63, 3.8) is 0 Å². The third kappa shape index (κ3) is 4.57. The minimum Gasteiger partial charge on any atom is -0.249 e. The van der Waals surface area contributed by atoms with Crippen LogP contribution in [0.5, 0.6) is 0 Å². The first kappa shape index (κ1) is 23.1. The lowest BCUT2D eigenvalue weighted by Crippen LogP contribution is -2.35. The summed E-state index contributed by atoms with van der Waals surface area (Å²) in [5, 5.41) is 2.30. The molecule has 186 valence electrons. The first-order valence-electron chi connectivity index (χ1n) is 13.2. The number of hydrogen-bond acceptors (Lipinski definition) is 2. The molecular formula is C35H27N4+. The van der Waals surface area contributed by atoms with E-state index in [1.807, 2.05) is 12.1 Å². The number of aromatic nitrogens is 4. The Kier molecular flexibility index (Phi) is 5.91. The number of nitrogens with zero attached hydrogens (tertiary/aromatic N) is 4. The van der Waals surface area contributed by atoms with Crippen LogP contribution >= 0.6 is 0 Å². The van der Waals surface area contributed by atoms with Gasteiger partial charge in [-0.15, -0.1) is 0 Å². The van der Waals surface area contributed by atoms with Crippen molar-refractivity contribution in [3.05, 3.63) is 151 Å². The summed E-state index contributed by atoms with van der Waals surface area (Å²) < 4.78 is 4.66. The third-order valence-corrected chi connectivity index (χ3v) is 7.15. The Morgan fingerprint density at radius 1 is 0.513 bits per heavy atom. The highest BCUT2D eigenvalue weighted by atomic mass is 15.2. The minimum absolute atomic E-state index is 0.660. The van der Waals surface area contributed by atoms with Gasteiger partial charge in [0.25, 0.3) is 0 Å². The fourth-order valence-corrected chi connectivity index (χ4v) is 5.33. The van der Waals surface area contributed by atoms with Crippen molar-refractivity contribution < 1.29 is 4.57 Å². The van der Waals surface area contributed by atoms with Crippen LogP contribution in [-0.4, -0.2) is 14.5 Å². The van der Waals surface area contributed by atoms with Crippen molar-refractivity contribution >= 4 is 21.8 Å². The van der Waals surface area contributed by atoms with Gasteiger partial charge in [-0.1, -0.05) is 109 Å². The first-order valence-corrected chi connectivity index (χ1v) is 13.2. The molecule has 0 N–H and O–H groups in total. The fraction of sp³-hybridized carbons (Fsp3) is 0.0571. The Labute approximate surface area is 227 Å².